The van der Waals surface area contributed by atoms with Gasteiger partial charge in [0.05, 0.1) is 18.5 Å². The fourth-order valence-corrected chi connectivity index (χ4v) is 4.89. The lowest BCUT2D eigenvalue weighted by molar-refractivity contribution is 0.0832. The molecule has 9 heteroatoms. The van der Waals surface area contributed by atoms with Gasteiger partial charge in [-0.05, 0) is 31.7 Å². The third-order valence-corrected chi connectivity index (χ3v) is 6.53. The number of likely N-dealkylation sites (tertiary alicyclic amines) is 1. The Morgan fingerprint density at radius 2 is 2.09 bits per heavy atom. The fraction of sp³-hybridized carbons (Fsp3) is 0.565. The van der Waals surface area contributed by atoms with Gasteiger partial charge >= 0.3 is 0 Å². The van der Waals surface area contributed by atoms with Crippen molar-refractivity contribution >= 4 is 5.52 Å². The number of aromatic amines is 1. The lowest BCUT2D eigenvalue weighted by atomic mass is 9.97. The molecule has 0 aromatic carbocycles. The Balaban J connectivity index is 1.38. The van der Waals surface area contributed by atoms with Crippen molar-refractivity contribution in [3.8, 4) is 5.88 Å². The van der Waals surface area contributed by atoms with Crippen LogP contribution < -0.4 is 10.3 Å². The number of imidazole rings is 1. The number of hydrogen-bond donors (Lipinski definition) is 1. The Kier molecular flexibility index (Phi) is 5.93. The molecule has 1 N–H and O–H groups in total. The molecule has 2 saturated heterocycles. The molecule has 0 saturated carbocycles. The van der Waals surface area contributed by atoms with Gasteiger partial charge in [0, 0.05) is 50.8 Å². The normalized spacial score (nSPS) is 22.6. The summed E-state index contributed by atoms with van der Waals surface area (Å²) in [5.41, 5.74) is 1.37. The number of fused-ring (bicyclic) bond motifs is 1. The van der Waals surface area contributed by atoms with Crippen LogP contribution in [0.25, 0.3) is 5.52 Å². The highest BCUT2D eigenvalue weighted by Gasteiger charge is 2.33. The van der Waals surface area contributed by atoms with E-state index in [9.17, 15) is 4.79 Å². The molecule has 0 radical (unpaired) electrons. The Labute approximate surface area is 186 Å². The van der Waals surface area contributed by atoms with Gasteiger partial charge < -0.3 is 14.5 Å². The zero-order chi connectivity index (χ0) is 22.1. The van der Waals surface area contributed by atoms with Crippen molar-refractivity contribution in [2.45, 2.75) is 45.1 Å². The first kappa shape index (κ1) is 21.1. The largest absolute Gasteiger partial charge is 0.478 e. The molecular formula is C23H30N6O3. The van der Waals surface area contributed by atoms with Crippen molar-refractivity contribution in [2.75, 3.05) is 32.9 Å². The van der Waals surface area contributed by atoms with Crippen molar-refractivity contribution in [1.82, 2.24) is 29.5 Å². The van der Waals surface area contributed by atoms with Crippen LogP contribution in [0.15, 0.2) is 29.2 Å². The van der Waals surface area contributed by atoms with Crippen LogP contribution in [-0.2, 0) is 11.3 Å². The molecule has 32 heavy (non-hydrogen) atoms. The first-order chi connectivity index (χ1) is 15.6. The van der Waals surface area contributed by atoms with Gasteiger partial charge in [-0.15, -0.1) is 0 Å². The summed E-state index contributed by atoms with van der Waals surface area (Å²) in [5.74, 6) is 3.04. The number of pyridine rings is 1. The Bertz CT molecular complexity index is 1140. The number of nitrogens with zero attached hydrogens (tertiary/aromatic N) is 5. The minimum atomic E-state index is -0.127. The average molecular weight is 439 g/mol. The smallest absolute Gasteiger partial charge is 0.276 e. The Hall–Kier alpha value is -2.78. The zero-order valence-electron chi connectivity index (χ0n) is 18.7. The first-order valence-corrected chi connectivity index (χ1v) is 11.5. The molecule has 2 unspecified atom stereocenters. The van der Waals surface area contributed by atoms with E-state index in [1.165, 1.54) is 0 Å². The number of aromatic nitrogens is 5. The van der Waals surface area contributed by atoms with Gasteiger partial charge in [0.2, 0.25) is 5.88 Å². The van der Waals surface area contributed by atoms with Crippen LogP contribution in [-0.4, -0.2) is 62.4 Å². The molecular weight excluding hydrogens is 408 g/mol. The summed E-state index contributed by atoms with van der Waals surface area (Å²) >= 11 is 0. The molecule has 0 bridgehead atoms. The summed E-state index contributed by atoms with van der Waals surface area (Å²) in [7, 11) is 0. The summed E-state index contributed by atoms with van der Waals surface area (Å²) in [5, 5.41) is 4.88. The van der Waals surface area contributed by atoms with Gasteiger partial charge in [-0.2, -0.15) is 5.10 Å². The monoisotopic (exact) mass is 438 g/mol. The molecule has 5 rings (SSSR count). The van der Waals surface area contributed by atoms with Crippen LogP contribution in [0.3, 0.4) is 0 Å². The van der Waals surface area contributed by atoms with Crippen molar-refractivity contribution in [2.24, 2.45) is 5.92 Å². The maximum absolute atomic E-state index is 12.8. The van der Waals surface area contributed by atoms with E-state index < -0.39 is 0 Å². The lowest BCUT2D eigenvalue weighted by Crippen LogP contribution is -2.24. The van der Waals surface area contributed by atoms with Gasteiger partial charge in [0.25, 0.3) is 5.56 Å². The molecule has 2 aliphatic heterocycles. The van der Waals surface area contributed by atoms with Crippen molar-refractivity contribution < 1.29 is 9.47 Å². The van der Waals surface area contributed by atoms with Gasteiger partial charge in [-0.3, -0.25) is 9.69 Å². The van der Waals surface area contributed by atoms with Crippen LogP contribution in [0.5, 0.6) is 5.88 Å². The molecule has 2 atom stereocenters. The highest BCUT2D eigenvalue weighted by molar-refractivity contribution is 5.42. The van der Waals surface area contributed by atoms with E-state index in [1.807, 2.05) is 25.1 Å². The molecule has 5 heterocycles. The third kappa shape index (κ3) is 4.14. The molecule has 3 aromatic heterocycles. The number of nitrogens with one attached hydrogen (secondary N) is 1. The molecule has 170 valence electrons. The second kappa shape index (κ2) is 8.99. The van der Waals surface area contributed by atoms with E-state index in [-0.39, 0.29) is 17.4 Å². The minimum absolute atomic E-state index is 0.127. The molecule has 2 fully saturated rings. The fourth-order valence-electron chi connectivity index (χ4n) is 4.89. The molecule has 0 aliphatic carbocycles. The third-order valence-electron chi connectivity index (χ3n) is 6.53. The summed E-state index contributed by atoms with van der Waals surface area (Å²) in [6, 6.07) is 5.89. The van der Waals surface area contributed by atoms with Crippen LogP contribution in [0.2, 0.25) is 0 Å². The Morgan fingerprint density at radius 3 is 2.91 bits per heavy atom. The van der Waals surface area contributed by atoms with Crippen molar-refractivity contribution in [3.63, 3.8) is 0 Å². The van der Waals surface area contributed by atoms with Gasteiger partial charge in [0.15, 0.2) is 5.52 Å². The predicted octanol–water partition coefficient (Wildman–Crippen LogP) is 2.34. The van der Waals surface area contributed by atoms with E-state index in [4.69, 9.17) is 14.6 Å². The molecule has 0 amide bonds. The second-order valence-electron chi connectivity index (χ2n) is 8.82. The quantitative estimate of drug-likeness (QED) is 0.631. The summed E-state index contributed by atoms with van der Waals surface area (Å²) in [6.07, 6.45) is 3.45. The van der Waals surface area contributed by atoms with Crippen LogP contribution >= 0.6 is 0 Å². The number of rotatable bonds is 6. The zero-order valence-corrected chi connectivity index (χ0v) is 18.7. The average Bonchev–Trinajstić information content (AvgIpc) is 3.38. The topological polar surface area (TPSA) is 97.6 Å². The Morgan fingerprint density at radius 1 is 1.25 bits per heavy atom. The van der Waals surface area contributed by atoms with E-state index >= 15 is 0 Å². The van der Waals surface area contributed by atoms with Gasteiger partial charge in [0.1, 0.15) is 11.6 Å². The molecule has 2 aliphatic rings. The van der Waals surface area contributed by atoms with Gasteiger partial charge in [-0.25, -0.2) is 14.5 Å². The summed E-state index contributed by atoms with van der Waals surface area (Å²) in [6.45, 7) is 8.70. The SMILES string of the molecule is CCOc1cccc(CN2CC(C)C(c3nn4c(C5CCOCC5)ncc4c(=O)[nH]3)C2)n1. The van der Waals surface area contributed by atoms with E-state index in [0.29, 0.717) is 23.9 Å². The van der Waals surface area contributed by atoms with E-state index in [2.05, 4.69) is 26.8 Å². The molecule has 9 nitrogen and oxygen atoms in total. The predicted molar refractivity (Wildman–Crippen MR) is 119 cm³/mol. The number of ether oxygens (including phenoxy) is 2. The van der Waals surface area contributed by atoms with Crippen molar-refractivity contribution in [3.05, 3.63) is 52.1 Å². The van der Waals surface area contributed by atoms with Crippen LogP contribution in [0.4, 0.5) is 0 Å². The van der Waals surface area contributed by atoms with E-state index in [1.54, 1.807) is 10.7 Å². The number of H-pyrrole nitrogens is 1. The minimum Gasteiger partial charge on any atom is -0.478 e. The highest BCUT2D eigenvalue weighted by atomic mass is 16.5. The summed E-state index contributed by atoms with van der Waals surface area (Å²) < 4.78 is 12.8. The standard InChI is InChI=1S/C23H30N6O3/c1-3-32-20-6-4-5-17(25-20)13-28-12-15(2)18(14-28)21-26-23(30)19-11-24-22(29(19)27-21)16-7-9-31-10-8-16/h4-6,11,15-16,18H,3,7-10,12-14H2,1-2H3,(H,26,27,30). The first-order valence-electron chi connectivity index (χ1n) is 11.5. The maximum atomic E-state index is 12.8. The van der Waals surface area contributed by atoms with E-state index in [0.717, 1.165) is 63.0 Å². The lowest BCUT2D eigenvalue weighted by Gasteiger charge is -2.21. The second-order valence-corrected chi connectivity index (χ2v) is 8.82. The number of hydrogen-bond acceptors (Lipinski definition) is 7. The van der Waals surface area contributed by atoms with Crippen LogP contribution in [0, 0.1) is 5.92 Å². The van der Waals surface area contributed by atoms with Gasteiger partial charge in [-0.1, -0.05) is 13.0 Å². The summed E-state index contributed by atoms with van der Waals surface area (Å²) in [4.78, 5) is 27.4. The molecule has 0 spiro atoms. The highest BCUT2D eigenvalue weighted by Crippen LogP contribution is 2.31. The maximum Gasteiger partial charge on any atom is 0.276 e. The van der Waals surface area contributed by atoms with Crippen LogP contribution in [0.1, 0.15) is 55.9 Å². The van der Waals surface area contributed by atoms with Crippen molar-refractivity contribution in [1.29, 1.82) is 0 Å². The molecule has 3 aromatic rings.